The third-order valence-corrected chi connectivity index (χ3v) is 6.75. The van der Waals surface area contributed by atoms with Gasteiger partial charge in [-0.3, -0.25) is 14.4 Å². The summed E-state index contributed by atoms with van der Waals surface area (Å²) in [6.07, 6.45) is 1.27. The van der Waals surface area contributed by atoms with Gasteiger partial charge in [0, 0.05) is 41.9 Å². The van der Waals surface area contributed by atoms with Gasteiger partial charge in [-0.05, 0) is 83.0 Å². The molecule has 1 heterocycles. The Labute approximate surface area is 221 Å². The van der Waals surface area contributed by atoms with Crippen molar-refractivity contribution in [2.45, 2.75) is 6.92 Å². The number of carbonyl (C=O) groups is 3. The minimum Gasteiger partial charge on any atom is -0.368 e. The number of hydrogen-bond acceptors (Lipinski definition) is 4. The van der Waals surface area contributed by atoms with Crippen molar-refractivity contribution in [3.8, 4) is 0 Å². The molecule has 9 heteroatoms. The van der Waals surface area contributed by atoms with Gasteiger partial charge in [-0.25, -0.2) is 8.78 Å². The summed E-state index contributed by atoms with van der Waals surface area (Å²) in [7, 11) is 0. The Balaban J connectivity index is 1.54. The SMILES string of the molecule is CC(=O)c1ccc(N2CCN(C(=O)/C(=C/c3ccc(F)c(F)c3)C(=O)Nc3ccccc3Br)CC2)cc1. The van der Waals surface area contributed by atoms with Gasteiger partial charge in [0.1, 0.15) is 5.57 Å². The number of anilines is 2. The van der Waals surface area contributed by atoms with E-state index in [1.807, 2.05) is 12.1 Å². The van der Waals surface area contributed by atoms with Crippen molar-refractivity contribution in [3.63, 3.8) is 0 Å². The second-order valence-electron chi connectivity index (χ2n) is 8.55. The number of rotatable bonds is 6. The second-order valence-corrected chi connectivity index (χ2v) is 9.40. The van der Waals surface area contributed by atoms with Gasteiger partial charge < -0.3 is 15.1 Å². The number of benzene rings is 3. The van der Waals surface area contributed by atoms with E-state index in [-0.39, 0.29) is 16.9 Å². The molecule has 0 radical (unpaired) electrons. The molecular formula is C28H24BrF2N3O3. The van der Waals surface area contributed by atoms with E-state index >= 15 is 0 Å². The Morgan fingerprint density at radius 2 is 1.57 bits per heavy atom. The molecule has 6 nitrogen and oxygen atoms in total. The molecule has 190 valence electrons. The highest BCUT2D eigenvalue weighted by Gasteiger charge is 2.28. The Kier molecular flexibility index (Phi) is 8.13. The minimum atomic E-state index is -1.07. The molecule has 3 aromatic rings. The lowest BCUT2D eigenvalue weighted by atomic mass is 10.1. The van der Waals surface area contributed by atoms with Gasteiger partial charge in [-0.15, -0.1) is 0 Å². The Bertz CT molecular complexity index is 1370. The van der Waals surface area contributed by atoms with E-state index in [9.17, 15) is 23.2 Å². The van der Waals surface area contributed by atoms with Gasteiger partial charge in [0.25, 0.3) is 11.8 Å². The summed E-state index contributed by atoms with van der Waals surface area (Å²) in [5, 5.41) is 2.72. The van der Waals surface area contributed by atoms with Crippen LogP contribution in [0.4, 0.5) is 20.2 Å². The second kappa shape index (κ2) is 11.5. The molecule has 0 spiro atoms. The number of nitrogens with zero attached hydrogens (tertiary/aromatic N) is 2. The summed E-state index contributed by atoms with van der Waals surface area (Å²) >= 11 is 3.37. The van der Waals surface area contributed by atoms with E-state index < -0.39 is 23.4 Å². The first-order valence-corrected chi connectivity index (χ1v) is 12.4. The number of carbonyl (C=O) groups excluding carboxylic acids is 3. The predicted molar refractivity (Wildman–Crippen MR) is 142 cm³/mol. The summed E-state index contributed by atoms with van der Waals surface area (Å²) < 4.78 is 27.9. The highest BCUT2D eigenvalue weighted by molar-refractivity contribution is 9.10. The Morgan fingerprint density at radius 1 is 0.892 bits per heavy atom. The lowest BCUT2D eigenvalue weighted by Gasteiger charge is -2.36. The maximum atomic E-state index is 13.8. The van der Waals surface area contributed by atoms with Gasteiger partial charge in [-0.2, -0.15) is 0 Å². The van der Waals surface area contributed by atoms with Crippen LogP contribution in [0.3, 0.4) is 0 Å². The first kappa shape index (κ1) is 26.2. The zero-order valence-corrected chi connectivity index (χ0v) is 21.6. The molecule has 1 saturated heterocycles. The summed E-state index contributed by atoms with van der Waals surface area (Å²) in [6, 6.07) is 17.4. The summed E-state index contributed by atoms with van der Waals surface area (Å²) in [5.41, 5.74) is 2.02. The number of ketones is 1. The fourth-order valence-electron chi connectivity index (χ4n) is 3.99. The van der Waals surface area contributed by atoms with E-state index in [1.54, 1.807) is 41.3 Å². The monoisotopic (exact) mass is 567 g/mol. The van der Waals surface area contributed by atoms with Gasteiger partial charge in [0.15, 0.2) is 17.4 Å². The quantitative estimate of drug-likeness (QED) is 0.190. The normalized spacial score (nSPS) is 13.9. The van der Waals surface area contributed by atoms with E-state index in [1.165, 1.54) is 19.1 Å². The zero-order chi connectivity index (χ0) is 26.5. The van der Waals surface area contributed by atoms with Crippen LogP contribution in [0, 0.1) is 11.6 Å². The molecule has 0 unspecified atom stereocenters. The van der Waals surface area contributed by atoms with Crippen LogP contribution in [0.5, 0.6) is 0 Å². The minimum absolute atomic E-state index is 0.0110. The average Bonchev–Trinajstić information content (AvgIpc) is 2.90. The highest BCUT2D eigenvalue weighted by atomic mass is 79.9. The standard InChI is InChI=1S/C28H24BrF2N3O3/c1-18(35)20-7-9-21(10-8-20)33-12-14-34(15-13-33)28(37)22(16-19-6-11-24(30)25(31)17-19)27(36)32-26-5-3-2-4-23(26)29/h2-11,16-17H,12-15H2,1H3,(H,32,36)/b22-16+. The van der Waals surface area contributed by atoms with Crippen molar-refractivity contribution in [3.05, 3.63) is 99.5 Å². The van der Waals surface area contributed by atoms with Crippen LogP contribution in [-0.4, -0.2) is 48.7 Å². The molecule has 2 amide bonds. The highest BCUT2D eigenvalue weighted by Crippen LogP contribution is 2.24. The molecule has 1 aliphatic rings. The van der Waals surface area contributed by atoms with Gasteiger partial charge in [-0.1, -0.05) is 18.2 Å². The van der Waals surface area contributed by atoms with Crippen molar-refractivity contribution < 1.29 is 23.2 Å². The largest absolute Gasteiger partial charge is 0.368 e. The van der Waals surface area contributed by atoms with Gasteiger partial charge in [0.05, 0.1) is 5.69 Å². The summed E-state index contributed by atoms with van der Waals surface area (Å²) in [5.74, 6) is -3.28. The molecule has 0 saturated carbocycles. The number of halogens is 3. The maximum Gasteiger partial charge on any atom is 0.261 e. The fraction of sp³-hybridized carbons (Fsp3) is 0.179. The maximum absolute atomic E-state index is 13.8. The topological polar surface area (TPSA) is 69.7 Å². The van der Waals surface area contributed by atoms with Crippen LogP contribution in [-0.2, 0) is 9.59 Å². The van der Waals surface area contributed by atoms with Crippen molar-refractivity contribution >= 4 is 51.0 Å². The van der Waals surface area contributed by atoms with Crippen molar-refractivity contribution in [1.82, 2.24) is 4.90 Å². The third kappa shape index (κ3) is 6.29. The first-order valence-electron chi connectivity index (χ1n) is 11.6. The molecule has 0 aliphatic carbocycles. The molecule has 37 heavy (non-hydrogen) atoms. The Morgan fingerprint density at radius 3 is 2.19 bits per heavy atom. The molecule has 0 aromatic heterocycles. The lowest BCUT2D eigenvalue weighted by Crippen LogP contribution is -2.50. The predicted octanol–water partition coefficient (Wildman–Crippen LogP) is 5.30. The number of Topliss-reactive ketones (excluding diaryl/α,β-unsaturated/α-hetero) is 1. The molecule has 3 aromatic carbocycles. The number of nitrogens with one attached hydrogen (secondary N) is 1. The van der Waals surface area contributed by atoms with Crippen LogP contribution >= 0.6 is 15.9 Å². The van der Waals surface area contributed by atoms with Gasteiger partial charge in [0.2, 0.25) is 0 Å². The van der Waals surface area contributed by atoms with Crippen LogP contribution < -0.4 is 10.2 Å². The van der Waals surface area contributed by atoms with Gasteiger partial charge >= 0.3 is 0 Å². The van der Waals surface area contributed by atoms with Crippen LogP contribution in [0.25, 0.3) is 6.08 Å². The van der Waals surface area contributed by atoms with E-state index in [0.29, 0.717) is 41.9 Å². The lowest BCUT2D eigenvalue weighted by molar-refractivity contribution is -0.129. The molecule has 4 rings (SSSR count). The molecule has 1 N–H and O–H groups in total. The summed E-state index contributed by atoms with van der Waals surface area (Å²) in [6.45, 7) is 3.26. The van der Waals surface area contributed by atoms with Crippen LogP contribution in [0.1, 0.15) is 22.8 Å². The van der Waals surface area contributed by atoms with Crippen molar-refractivity contribution in [1.29, 1.82) is 0 Å². The van der Waals surface area contributed by atoms with E-state index in [0.717, 1.165) is 17.8 Å². The number of para-hydroxylation sites is 1. The molecule has 1 fully saturated rings. The third-order valence-electron chi connectivity index (χ3n) is 6.06. The van der Waals surface area contributed by atoms with Crippen LogP contribution in [0.15, 0.2) is 76.8 Å². The smallest absolute Gasteiger partial charge is 0.261 e. The van der Waals surface area contributed by atoms with Crippen molar-refractivity contribution in [2.75, 3.05) is 36.4 Å². The number of amides is 2. The average molecular weight is 568 g/mol. The Hall–Kier alpha value is -3.85. The number of piperazine rings is 1. The molecule has 0 atom stereocenters. The van der Waals surface area contributed by atoms with E-state index in [2.05, 4.69) is 26.1 Å². The van der Waals surface area contributed by atoms with E-state index in [4.69, 9.17) is 0 Å². The van der Waals surface area contributed by atoms with Crippen molar-refractivity contribution in [2.24, 2.45) is 0 Å². The number of hydrogen-bond donors (Lipinski definition) is 1. The van der Waals surface area contributed by atoms with Crippen LogP contribution in [0.2, 0.25) is 0 Å². The molecule has 0 bridgehead atoms. The zero-order valence-electron chi connectivity index (χ0n) is 20.0. The molecular weight excluding hydrogens is 544 g/mol. The molecule has 1 aliphatic heterocycles. The first-order chi connectivity index (χ1) is 17.7. The summed E-state index contributed by atoms with van der Waals surface area (Å²) in [4.78, 5) is 41.9. The fourth-order valence-corrected chi connectivity index (χ4v) is 4.37.